The molecule has 1 nitrogen and oxygen atoms in total. The molecule has 1 aliphatic carbocycles. The molecule has 1 aromatic carbocycles. The van der Waals surface area contributed by atoms with Crippen LogP contribution in [0.1, 0.15) is 17.9 Å². The molecule has 3 heteroatoms. The fraction of sp³-hybridized carbons (Fsp3) is 0.333. The molecule has 0 unspecified atom stereocenters. The summed E-state index contributed by atoms with van der Waals surface area (Å²) in [6, 6.07) is 8.33. The average Bonchev–Trinajstić information content (AvgIpc) is 2.69. The highest BCUT2D eigenvalue weighted by atomic mass is 35.5. The van der Waals surface area contributed by atoms with Gasteiger partial charge in [0.2, 0.25) is 0 Å². The van der Waals surface area contributed by atoms with Crippen LogP contribution in [0.2, 0.25) is 5.02 Å². The molecule has 1 fully saturated rings. The Bertz CT molecular complexity index is 258. The molecule has 0 radical (unpaired) electrons. The van der Waals surface area contributed by atoms with Crippen LogP contribution in [0, 0.1) is 0 Å². The molecule has 66 valence electrons. The second-order valence-corrected chi connectivity index (χ2v) is 3.49. The standard InChI is InChI=1S/C9H10ClN.ClH/c10-7-3-1-6(2-4-7)8-5-9(8)11;/h1-4,8-9H,5,11H2;1H/t8-,9+;/m0./s1. The topological polar surface area (TPSA) is 26.0 Å². The monoisotopic (exact) mass is 203 g/mol. The average molecular weight is 204 g/mol. The van der Waals surface area contributed by atoms with Crippen molar-refractivity contribution in [3.05, 3.63) is 34.9 Å². The molecule has 0 aliphatic heterocycles. The lowest BCUT2D eigenvalue weighted by atomic mass is 10.1. The van der Waals surface area contributed by atoms with Gasteiger partial charge in [-0.25, -0.2) is 0 Å². The molecule has 1 aromatic rings. The Kier molecular flexibility index (Phi) is 2.99. The molecule has 0 amide bonds. The number of nitrogens with two attached hydrogens (primary N) is 1. The van der Waals surface area contributed by atoms with E-state index in [1.807, 2.05) is 12.1 Å². The lowest BCUT2D eigenvalue weighted by Crippen LogP contribution is -2.00. The van der Waals surface area contributed by atoms with Gasteiger partial charge in [-0.15, -0.1) is 12.4 Å². The van der Waals surface area contributed by atoms with Crippen LogP contribution < -0.4 is 5.73 Å². The lowest BCUT2D eigenvalue weighted by molar-refractivity contribution is 0.991. The zero-order valence-corrected chi connectivity index (χ0v) is 8.11. The van der Waals surface area contributed by atoms with Crippen molar-refractivity contribution in [2.24, 2.45) is 5.73 Å². The fourth-order valence-electron chi connectivity index (χ4n) is 1.31. The maximum Gasteiger partial charge on any atom is 0.0406 e. The minimum absolute atomic E-state index is 0. The Morgan fingerprint density at radius 3 is 2.17 bits per heavy atom. The van der Waals surface area contributed by atoms with Crippen LogP contribution in [0.25, 0.3) is 0 Å². The van der Waals surface area contributed by atoms with E-state index in [0.29, 0.717) is 12.0 Å². The summed E-state index contributed by atoms with van der Waals surface area (Å²) in [5.74, 6) is 0.590. The van der Waals surface area contributed by atoms with Gasteiger partial charge in [-0.1, -0.05) is 23.7 Å². The maximum absolute atomic E-state index is 5.74. The summed E-state index contributed by atoms with van der Waals surface area (Å²) in [5.41, 5.74) is 7.02. The van der Waals surface area contributed by atoms with Gasteiger partial charge in [-0.3, -0.25) is 0 Å². The van der Waals surface area contributed by atoms with E-state index in [2.05, 4.69) is 12.1 Å². The summed E-state index contributed by atoms with van der Waals surface area (Å²) in [6.07, 6.45) is 1.13. The molecule has 0 spiro atoms. The number of halogens is 2. The van der Waals surface area contributed by atoms with E-state index in [9.17, 15) is 0 Å². The van der Waals surface area contributed by atoms with Crippen molar-refractivity contribution in [1.29, 1.82) is 0 Å². The Morgan fingerprint density at radius 2 is 1.75 bits per heavy atom. The first-order valence-corrected chi connectivity index (χ1v) is 4.16. The Labute approximate surface area is 83.3 Å². The highest BCUT2D eigenvalue weighted by Gasteiger charge is 2.34. The molecule has 1 aliphatic rings. The minimum atomic E-state index is 0. The molecule has 1 saturated carbocycles. The SMILES string of the molecule is Cl.N[C@@H]1C[C@H]1c1ccc(Cl)cc1. The number of hydrogen-bond acceptors (Lipinski definition) is 1. The zero-order valence-electron chi connectivity index (χ0n) is 6.53. The summed E-state index contributed by atoms with van der Waals surface area (Å²) >= 11 is 5.74. The van der Waals surface area contributed by atoms with Crippen molar-refractivity contribution in [2.75, 3.05) is 0 Å². The van der Waals surface area contributed by atoms with Crippen LogP contribution >= 0.6 is 24.0 Å². The Morgan fingerprint density at radius 1 is 1.25 bits per heavy atom. The van der Waals surface area contributed by atoms with Gasteiger partial charge in [0.15, 0.2) is 0 Å². The lowest BCUT2D eigenvalue weighted by Gasteiger charge is -1.96. The predicted molar refractivity (Wildman–Crippen MR) is 54.0 cm³/mol. The van der Waals surface area contributed by atoms with Gasteiger partial charge >= 0.3 is 0 Å². The summed E-state index contributed by atoms with van der Waals surface area (Å²) < 4.78 is 0. The van der Waals surface area contributed by atoms with E-state index in [4.69, 9.17) is 17.3 Å². The molecule has 0 saturated heterocycles. The van der Waals surface area contributed by atoms with Gasteiger partial charge in [-0.05, 0) is 24.1 Å². The minimum Gasteiger partial charge on any atom is -0.327 e. The number of benzene rings is 1. The third-order valence-electron chi connectivity index (χ3n) is 2.14. The van der Waals surface area contributed by atoms with Crippen molar-refractivity contribution in [3.8, 4) is 0 Å². The summed E-state index contributed by atoms with van der Waals surface area (Å²) in [6.45, 7) is 0. The van der Waals surface area contributed by atoms with Crippen LogP contribution in [0.4, 0.5) is 0 Å². The molecule has 2 N–H and O–H groups in total. The van der Waals surface area contributed by atoms with Crippen molar-refractivity contribution >= 4 is 24.0 Å². The second kappa shape index (κ2) is 3.65. The van der Waals surface area contributed by atoms with Crippen LogP contribution in [0.3, 0.4) is 0 Å². The molecule has 0 aromatic heterocycles. The van der Waals surface area contributed by atoms with Gasteiger partial charge in [0, 0.05) is 17.0 Å². The highest BCUT2D eigenvalue weighted by molar-refractivity contribution is 6.30. The molecule has 0 heterocycles. The Balaban J connectivity index is 0.000000720. The van der Waals surface area contributed by atoms with Crippen molar-refractivity contribution in [3.63, 3.8) is 0 Å². The van der Waals surface area contributed by atoms with Crippen LogP contribution in [-0.2, 0) is 0 Å². The first kappa shape index (κ1) is 9.85. The van der Waals surface area contributed by atoms with E-state index in [-0.39, 0.29) is 12.4 Å². The van der Waals surface area contributed by atoms with Crippen molar-refractivity contribution in [1.82, 2.24) is 0 Å². The maximum atomic E-state index is 5.74. The van der Waals surface area contributed by atoms with Gasteiger partial charge in [-0.2, -0.15) is 0 Å². The summed E-state index contributed by atoms with van der Waals surface area (Å²) in [5, 5.41) is 0.794. The predicted octanol–water partition coefficient (Wildman–Crippen LogP) is 2.58. The van der Waals surface area contributed by atoms with E-state index < -0.39 is 0 Å². The first-order chi connectivity index (χ1) is 5.27. The third kappa shape index (κ3) is 1.92. The fourth-order valence-corrected chi connectivity index (χ4v) is 1.43. The second-order valence-electron chi connectivity index (χ2n) is 3.06. The van der Waals surface area contributed by atoms with E-state index in [0.717, 1.165) is 11.4 Å². The van der Waals surface area contributed by atoms with Gasteiger partial charge in [0.25, 0.3) is 0 Å². The van der Waals surface area contributed by atoms with E-state index in [1.54, 1.807) is 0 Å². The quantitative estimate of drug-likeness (QED) is 0.747. The van der Waals surface area contributed by atoms with Crippen LogP contribution in [-0.4, -0.2) is 6.04 Å². The van der Waals surface area contributed by atoms with Crippen molar-refractivity contribution in [2.45, 2.75) is 18.4 Å². The smallest absolute Gasteiger partial charge is 0.0406 e. The molecular weight excluding hydrogens is 193 g/mol. The highest BCUT2D eigenvalue weighted by Crippen LogP contribution is 2.38. The van der Waals surface area contributed by atoms with Gasteiger partial charge < -0.3 is 5.73 Å². The van der Waals surface area contributed by atoms with Gasteiger partial charge in [0.05, 0.1) is 0 Å². The number of hydrogen-bond donors (Lipinski definition) is 1. The number of rotatable bonds is 1. The van der Waals surface area contributed by atoms with Crippen molar-refractivity contribution < 1.29 is 0 Å². The molecule has 0 bridgehead atoms. The summed E-state index contributed by atoms with van der Waals surface area (Å²) in [7, 11) is 0. The molecule has 12 heavy (non-hydrogen) atoms. The molecular formula is C9H11Cl2N. The van der Waals surface area contributed by atoms with E-state index in [1.165, 1.54) is 5.56 Å². The molecule has 2 rings (SSSR count). The molecule has 2 atom stereocenters. The van der Waals surface area contributed by atoms with Crippen LogP contribution in [0.15, 0.2) is 24.3 Å². The zero-order chi connectivity index (χ0) is 7.84. The summed E-state index contributed by atoms with van der Waals surface area (Å²) in [4.78, 5) is 0. The first-order valence-electron chi connectivity index (χ1n) is 3.78. The Hall–Kier alpha value is -0.240. The largest absolute Gasteiger partial charge is 0.327 e. The van der Waals surface area contributed by atoms with E-state index >= 15 is 0 Å². The third-order valence-corrected chi connectivity index (χ3v) is 2.39. The normalized spacial score (nSPS) is 26.2. The van der Waals surface area contributed by atoms with Crippen LogP contribution in [0.5, 0.6) is 0 Å². The van der Waals surface area contributed by atoms with Gasteiger partial charge in [0.1, 0.15) is 0 Å².